The van der Waals surface area contributed by atoms with E-state index >= 15 is 0 Å². The molecule has 1 heterocycles. The zero-order chi connectivity index (χ0) is 16.5. The third-order valence-corrected chi connectivity index (χ3v) is 4.75. The number of rotatable bonds is 4. The van der Waals surface area contributed by atoms with E-state index in [1.165, 1.54) is 6.07 Å². The van der Waals surface area contributed by atoms with Gasteiger partial charge in [-0.05, 0) is 44.8 Å². The maximum Gasteiger partial charge on any atom is 0.491 e. The van der Waals surface area contributed by atoms with E-state index < -0.39 is 18.3 Å². The fourth-order valence-electron chi connectivity index (χ4n) is 2.22. The van der Waals surface area contributed by atoms with E-state index in [1.54, 1.807) is 6.07 Å². The van der Waals surface area contributed by atoms with Crippen LogP contribution in [-0.2, 0) is 15.9 Å². The van der Waals surface area contributed by atoms with Gasteiger partial charge in [-0.15, -0.1) is 0 Å². The molecule has 0 aliphatic carbocycles. The highest BCUT2D eigenvalue weighted by molar-refractivity contribution is 7.80. The van der Waals surface area contributed by atoms with Crippen LogP contribution in [0, 0.1) is 5.82 Å². The summed E-state index contributed by atoms with van der Waals surface area (Å²) >= 11 is 4.36. The molecule has 2 N–H and O–H groups in total. The minimum Gasteiger partial charge on any atom is -0.400 e. The van der Waals surface area contributed by atoms with Gasteiger partial charge in [0.25, 0.3) is 0 Å². The molecule has 2 rings (SSSR count). The van der Waals surface area contributed by atoms with Crippen molar-refractivity contribution in [3.8, 4) is 0 Å². The second-order valence-electron chi connectivity index (χ2n) is 6.52. The molecule has 0 atom stereocenters. The number of nitrogens with two attached hydrogens (primary N) is 1. The topological polar surface area (TPSA) is 44.5 Å². The highest BCUT2D eigenvalue weighted by Crippen LogP contribution is 2.39. The lowest BCUT2D eigenvalue weighted by molar-refractivity contribution is 0.00578. The standard InChI is InChI=1S/C16H23BFNO2S/c1-15(2)16(3,4)21-17(20-15)13(10-22)7-11-5-6-12(9-19)14(18)8-11/h5-8,22H,9-10,19H2,1-4H3. The molecular weight excluding hydrogens is 300 g/mol. The van der Waals surface area contributed by atoms with Crippen molar-refractivity contribution < 1.29 is 13.7 Å². The first-order valence-corrected chi connectivity index (χ1v) is 7.99. The van der Waals surface area contributed by atoms with E-state index in [0.717, 1.165) is 11.0 Å². The molecule has 0 saturated carbocycles. The van der Waals surface area contributed by atoms with Crippen LogP contribution in [0.5, 0.6) is 0 Å². The maximum absolute atomic E-state index is 13.8. The van der Waals surface area contributed by atoms with Gasteiger partial charge in [-0.2, -0.15) is 12.6 Å². The first-order valence-electron chi connectivity index (χ1n) is 7.35. The van der Waals surface area contributed by atoms with Crippen LogP contribution in [0.3, 0.4) is 0 Å². The average Bonchev–Trinajstić information content (AvgIpc) is 2.65. The zero-order valence-electron chi connectivity index (χ0n) is 13.5. The van der Waals surface area contributed by atoms with Crippen molar-refractivity contribution in [2.75, 3.05) is 5.75 Å². The Bertz CT molecular complexity index is 574. The zero-order valence-corrected chi connectivity index (χ0v) is 14.4. The van der Waals surface area contributed by atoms with Crippen molar-refractivity contribution in [2.45, 2.75) is 45.4 Å². The Morgan fingerprint density at radius 2 is 1.86 bits per heavy atom. The average molecular weight is 323 g/mol. The van der Waals surface area contributed by atoms with Gasteiger partial charge in [-0.25, -0.2) is 4.39 Å². The van der Waals surface area contributed by atoms with E-state index in [0.29, 0.717) is 11.3 Å². The Balaban J connectivity index is 2.27. The van der Waals surface area contributed by atoms with Crippen LogP contribution in [0.25, 0.3) is 6.08 Å². The minimum absolute atomic E-state index is 0.187. The molecule has 1 fully saturated rings. The molecule has 1 saturated heterocycles. The SMILES string of the molecule is CC1(C)OB(C(=Cc2ccc(CN)c(F)c2)CS)OC1(C)C. The van der Waals surface area contributed by atoms with Gasteiger partial charge in [0.2, 0.25) is 0 Å². The highest BCUT2D eigenvalue weighted by atomic mass is 32.1. The van der Waals surface area contributed by atoms with Gasteiger partial charge < -0.3 is 15.0 Å². The summed E-state index contributed by atoms with van der Waals surface area (Å²) in [4.78, 5) is 0. The van der Waals surface area contributed by atoms with Crippen molar-refractivity contribution in [3.63, 3.8) is 0 Å². The van der Waals surface area contributed by atoms with Gasteiger partial charge in [0, 0.05) is 17.9 Å². The number of hydrogen-bond donors (Lipinski definition) is 2. The van der Waals surface area contributed by atoms with Crippen LogP contribution in [0.15, 0.2) is 23.7 Å². The summed E-state index contributed by atoms with van der Waals surface area (Å²) in [5, 5.41) is 0. The summed E-state index contributed by atoms with van der Waals surface area (Å²) in [5.41, 5.74) is 6.77. The van der Waals surface area contributed by atoms with Crippen molar-refractivity contribution in [2.24, 2.45) is 5.73 Å². The number of thiol groups is 1. The van der Waals surface area contributed by atoms with E-state index in [-0.39, 0.29) is 12.4 Å². The molecule has 22 heavy (non-hydrogen) atoms. The summed E-state index contributed by atoms with van der Waals surface area (Å²) in [5.74, 6) is 0.167. The normalized spacial score (nSPS) is 20.5. The molecule has 3 nitrogen and oxygen atoms in total. The minimum atomic E-state index is -0.472. The van der Waals surface area contributed by atoms with Crippen molar-refractivity contribution in [3.05, 3.63) is 40.6 Å². The fraction of sp³-hybridized carbons (Fsp3) is 0.500. The Labute approximate surface area is 137 Å². The van der Waals surface area contributed by atoms with Crippen LogP contribution in [0.1, 0.15) is 38.8 Å². The van der Waals surface area contributed by atoms with Crippen LogP contribution in [0.4, 0.5) is 4.39 Å². The largest absolute Gasteiger partial charge is 0.491 e. The molecule has 0 aromatic heterocycles. The first-order chi connectivity index (χ1) is 10.2. The lowest BCUT2D eigenvalue weighted by Gasteiger charge is -2.32. The second kappa shape index (κ2) is 6.36. The lowest BCUT2D eigenvalue weighted by Crippen LogP contribution is -2.41. The predicted octanol–water partition coefficient (Wildman–Crippen LogP) is 3.23. The van der Waals surface area contributed by atoms with Crippen molar-refractivity contribution in [1.82, 2.24) is 0 Å². The molecule has 1 aromatic carbocycles. The molecule has 0 bridgehead atoms. The van der Waals surface area contributed by atoms with Crippen LogP contribution >= 0.6 is 12.6 Å². The van der Waals surface area contributed by atoms with Crippen LogP contribution < -0.4 is 5.73 Å². The number of benzene rings is 1. The van der Waals surface area contributed by atoms with Gasteiger partial charge >= 0.3 is 7.12 Å². The third-order valence-electron chi connectivity index (χ3n) is 4.39. The summed E-state index contributed by atoms with van der Waals surface area (Å²) in [6.07, 6.45) is 1.86. The Kier molecular flexibility index (Phi) is 5.07. The molecule has 0 spiro atoms. The Hall–Kier alpha value is -0.815. The predicted molar refractivity (Wildman–Crippen MR) is 92.2 cm³/mol. The molecule has 1 aliphatic rings. The number of halogens is 1. The van der Waals surface area contributed by atoms with E-state index in [4.69, 9.17) is 15.0 Å². The smallest absolute Gasteiger partial charge is 0.400 e. The Morgan fingerprint density at radius 3 is 2.32 bits per heavy atom. The molecule has 0 amide bonds. The lowest BCUT2D eigenvalue weighted by atomic mass is 9.78. The van der Waals surface area contributed by atoms with Gasteiger partial charge in [0.15, 0.2) is 0 Å². The fourth-order valence-corrected chi connectivity index (χ4v) is 2.46. The molecule has 1 aliphatic heterocycles. The van der Waals surface area contributed by atoms with Crippen LogP contribution in [-0.4, -0.2) is 24.1 Å². The van der Waals surface area contributed by atoms with Crippen molar-refractivity contribution >= 4 is 25.8 Å². The van der Waals surface area contributed by atoms with E-state index in [1.807, 2.05) is 39.8 Å². The van der Waals surface area contributed by atoms with Gasteiger partial charge in [-0.3, -0.25) is 0 Å². The van der Waals surface area contributed by atoms with Gasteiger partial charge in [0.05, 0.1) is 11.2 Å². The first kappa shape index (κ1) is 17.5. The summed E-state index contributed by atoms with van der Waals surface area (Å²) < 4.78 is 25.9. The summed E-state index contributed by atoms with van der Waals surface area (Å²) in [6.45, 7) is 8.18. The number of hydrogen-bond acceptors (Lipinski definition) is 4. The van der Waals surface area contributed by atoms with Gasteiger partial charge in [-0.1, -0.05) is 18.2 Å². The van der Waals surface area contributed by atoms with E-state index in [2.05, 4.69) is 12.6 Å². The molecular formula is C16H23BFNO2S. The quantitative estimate of drug-likeness (QED) is 0.660. The maximum atomic E-state index is 13.8. The third kappa shape index (κ3) is 3.40. The summed E-state index contributed by atoms with van der Waals surface area (Å²) in [6, 6.07) is 5.00. The van der Waals surface area contributed by atoms with Gasteiger partial charge in [0.1, 0.15) is 5.82 Å². The Morgan fingerprint density at radius 1 is 1.27 bits per heavy atom. The van der Waals surface area contributed by atoms with E-state index in [9.17, 15) is 4.39 Å². The van der Waals surface area contributed by atoms with Crippen molar-refractivity contribution in [1.29, 1.82) is 0 Å². The molecule has 120 valence electrons. The highest BCUT2D eigenvalue weighted by Gasteiger charge is 2.52. The summed E-state index contributed by atoms with van der Waals surface area (Å²) in [7, 11) is -0.472. The second-order valence-corrected chi connectivity index (χ2v) is 6.84. The molecule has 0 radical (unpaired) electrons. The molecule has 0 unspecified atom stereocenters. The van der Waals surface area contributed by atoms with Crippen LogP contribution in [0.2, 0.25) is 0 Å². The molecule has 6 heteroatoms. The molecule has 1 aromatic rings. The monoisotopic (exact) mass is 323 g/mol.